The Morgan fingerprint density at radius 2 is 1.90 bits per heavy atom. The van der Waals surface area contributed by atoms with Crippen molar-refractivity contribution in [1.29, 1.82) is 0 Å². The molecule has 5 rings (SSSR count). The molecule has 0 fully saturated rings. The Labute approximate surface area is 193 Å². The average Bonchev–Trinajstić information content (AvgIpc) is 3.47. The summed E-state index contributed by atoms with van der Waals surface area (Å²) in [6.45, 7) is 0. The molecule has 0 radical (unpaired) electrons. The summed E-state index contributed by atoms with van der Waals surface area (Å²) in [4.78, 5) is 21.2. The van der Waals surface area contributed by atoms with Gasteiger partial charge in [-0.1, -0.05) is 46.8 Å². The lowest BCUT2D eigenvalue weighted by atomic mass is 10.3. The number of aromatic nitrogens is 4. The van der Waals surface area contributed by atoms with Crippen LogP contribution in [-0.4, -0.2) is 31.8 Å². The van der Waals surface area contributed by atoms with Crippen molar-refractivity contribution in [1.82, 2.24) is 20.2 Å². The third-order valence-electron chi connectivity index (χ3n) is 4.26. The van der Waals surface area contributed by atoms with Crippen LogP contribution in [0.3, 0.4) is 0 Å². The summed E-state index contributed by atoms with van der Waals surface area (Å²) < 4.78 is 7.74. The molecular formula is C20H14ClN5O2S3. The van der Waals surface area contributed by atoms with E-state index in [1.807, 2.05) is 30.3 Å². The standard InChI is InChI=1S/C20H14ClN5O2S3/c21-11-5-6-13-15(9-11)31-19(23-13)24-16(27)10-29-20-26-25-17(28-20)7-8-18-22-12-3-1-2-4-14(12)30-18/h1-6,9H,7-8,10H2,(H,23,24,27). The van der Waals surface area contributed by atoms with Crippen molar-refractivity contribution < 1.29 is 9.21 Å². The zero-order valence-corrected chi connectivity index (χ0v) is 19.1. The van der Waals surface area contributed by atoms with Gasteiger partial charge in [0.2, 0.25) is 11.8 Å². The Morgan fingerprint density at radius 3 is 2.81 bits per heavy atom. The third-order valence-corrected chi connectivity index (χ3v) is 7.35. The van der Waals surface area contributed by atoms with Gasteiger partial charge < -0.3 is 9.73 Å². The van der Waals surface area contributed by atoms with E-state index in [9.17, 15) is 4.79 Å². The summed E-state index contributed by atoms with van der Waals surface area (Å²) in [5.74, 6) is 0.491. The van der Waals surface area contributed by atoms with Crippen LogP contribution in [-0.2, 0) is 17.6 Å². The summed E-state index contributed by atoms with van der Waals surface area (Å²) in [6, 6.07) is 13.5. The Balaban J connectivity index is 1.13. The van der Waals surface area contributed by atoms with Crippen molar-refractivity contribution in [3.8, 4) is 0 Å². The molecule has 156 valence electrons. The van der Waals surface area contributed by atoms with Gasteiger partial charge in [-0.25, -0.2) is 9.97 Å². The van der Waals surface area contributed by atoms with Crippen LogP contribution >= 0.6 is 46.0 Å². The van der Waals surface area contributed by atoms with Crippen molar-refractivity contribution >= 4 is 77.5 Å². The minimum atomic E-state index is -0.190. The fourth-order valence-electron chi connectivity index (χ4n) is 2.87. The molecule has 0 atom stereocenters. The Morgan fingerprint density at radius 1 is 1.03 bits per heavy atom. The van der Waals surface area contributed by atoms with Crippen molar-refractivity contribution in [3.63, 3.8) is 0 Å². The maximum absolute atomic E-state index is 12.2. The number of carbonyl (C=O) groups excluding carboxylic acids is 1. The summed E-state index contributed by atoms with van der Waals surface area (Å²) >= 11 is 10.2. The fourth-order valence-corrected chi connectivity index (χ4v) is 5.58. The molecule has 7 nitrogen and oxygen atoms in total. The van der Waals surface area contributed by atoms with Gasteiger partial charge in [-0.3, -0.25) is 4.79 Å². The number of halogens is 1. The number of hydrogen-bond acceptors (Lipinski definition) is 9. The highest BCUT2D eigenvalue weighted by Gasteiger charge is 2.13. The van der Waals surface area contributed by atoms with Crippen LogP contribution in [0.5, 0.6) is 0 Å². The molecule has 0 saturated heterocycles. The molecule has 1 amide bonds. The number of hydrogen-bond donors (Lipinski definition) is 1. The fraction of sp³-hybridized carbons (Fsp3) is 0.150. The molecule has 2 aromatic carbocycles. The number of rotatable bonds is 7. The van der Waals surface area contributed by atoms with E-state index in [4.69, 9.17) is 16.0 Å². The predicted octanol–water partition coefficient (Wildman–Crippen LogP) is 5.46. The SMILES string of the molecule is O=C(CSc1nnc(CCc2nc3ccccc3s2)o1)Nc1nc2ccc(Cl)cc2s1. The average molecular weight is 488 g/mol. The number of nitrogens with zero attached hydrogens (tertiary/aromatic N) is 4. The molecule has 0 bridgehead atoms. The third kappa shape index (κ3) is 4.87. The summed E-state index contributed by atoms with van der Waals surface area (Å²) in [5.41, 5.74) is 1.80. The van der Waals surface area contributed by atoms with E-state index in [-0.39, 0.29) is 11.7 Å². The molecule has 1 N–H and O–H groups in total. The minimum absolute atomic E-state index is 0.149. The van der Waals surface area contributed by atoms with Gasteiger partial charge in [-0.2, -0.15) is 0 Å². The lowest BCUT2D eigenvalue weighted by molar-refractivity contribution is -0.113. The number of thioether (sulfide) groups is 1. The molecule has 0 saturated carbocycles. The highest BCUT2D eigenvalue weighted by atomic mass is 35.5. The largest absolute Gasteiger partial charge is 0.416 e. The van der Waals surface area contributed by atoms with Crippen molar-refractivity contribution in [2.75, 3.05) is 11.1 Å². The van der Waals surface area contributed by atoms with Crippen LogP contribution in [0.2, 0.25) is 5.02 Å². The van der Waals surface area contributed by atoms with Crippen LogP contribution < -0.4 is 5.32 Å². The first-order valence-corrected chi connectivity index (χ1v) is 12.3. The number of para-hydroxylation sites is 1. The molecule has 0 spiro atoms. The zero-order valence-electron chi connectivity index (χ0n) is 15.9. The number of fused-ring (bicyclic) bond motifs is 2. The highest BCUT2D eigenvalue weighted by molar-refractivity contribution is 7.99. The van der Waals surface area contributed by atoms with Crippen molar-refractivity contribution in [3.05, 3.63) is 58.4 Å². The van der Waals surface area contributed by atoms with Gasteiger partial charge in [0, 0.05) is 17.9 Å². The molecular weight excluding hydrogens is 474 g/mol. The first-order chi connectivity index (χ1) is 15.1. The van der Waals surface area contributed by atoms with E-state index >= 15 is 0 Å². The van der Waals surface area contributed by atoms with Gasteiger partial charge in [0.25, 0.3) is 5.22 Å². The number of carbonyl (C=O) groups is 1. The van der Waals surface area contributed by atoms with E-state index in [0.717, 1.165) is 27.2 Å². The van der Waals surface area contributed by atoms with Crippen LogP contribution in [0, 0.1) is 0 Å². The molecule has 3 aromatic heterocycles. The number of aryl methyl sites for hydroxylation is 2. The Kier molecular flexibility index (Phi) is 5.86. The van der Waals surface area contributed by atoms with E-state index in [1.54, 1.807) is 17.4 Å². The lowest BCUT2D eigenvalue weighted by Crippen LogP contribution is -2.13. The van der Waals surface area contributed by atoms with Gasteiger partial charge in [0.15, 0.2) is 5.13 Å². The van der Waals surface area contributed by atoms with Gasteiger partial charge >= 0.3 is 0 Å². The van der Waals surface area contributed by atoms with Crippen molar-refractivity contribution in [2.45, 2.75) is 18.1 Å². The molecule has 0 aliphatic heterocycles. The number of benzene rings is 2. The molecule has 31 heavy (non-hydrogen) atoms. The zero-order chi connectivity index (χ0) is 21.2. The van der Waals surface area contributed by atoms with Crippen molar-refractivity contribution in [2.24, 2.45) is 0 Å². The van der Waals surface area contributed by atoms with Crippen LogP contribution in [0.1, 0.15) is 10.9 Å². The first kappa shape index (κ1) is 20.4. The normalized spacial score (nSPS) is 11.4. The summed E-state index contributed by atoms with van der Waals surface area (Å²) in [6.07, 6.45) is 1.33. The lowest BCUT2D eigenvalue weighted by Gasteiger charge is -1.98. The molecule has 5 aromatic rings. The topological polar surface area (TPSA) is 93.8 Å². The molecule has 0 aliphatic rings. The number of amides is 1. The van der Waals surface area contributed by atoms with E-state index in [2.05, 4.69) is 31.5 Å². The minimum Gasteiger partial charge on any atom is -0.416 e. The summed E-state index contributed by atoms with van der Waals surface area (Å²) in [7, 11) is 0. The maximum Gasteiger partial charge on any atom is 0.277 e. The maximum atomic E-state index is 12.2. The van der Waals surface area contributed by atoms with Crippen LogP contribution in [0.15, 0.2) is 52.1 Å². The van der Waals surface area contributed by atoms with Gasteiger partial charge in [0.1, 0.15) is 0 Å². The van der Waals surface area contributed by atoms with E-state index in [0.29, 0.717) is 27.7 Å². The number of thiazole rings is 2. The van der Waals surface area contributed by atoms with E-state index < -0.39 is 0 Å². The molecule has 0 unspecified atom stereocenters. The monoisotopic (exact) mass is 487 g/mol. The Bertz CT molecular complexity index is 1350. The number of anilines is 1. The second kappa shape index (κ2) is 8.91. The highest BCUT2D eigenvalue weighted by Crippen LogP contribution is 2.28. The van der Waals surface area contributed by atoms with Gasteiger partial charge in [-0.15, -0.1) is 21.5 Å². The first-order valence-electron chi connectivity index (χ1n) is 9.28. The van der Waals surface area contributed by atoms with Crippen LogP contribution in [0.4, 0.5) is 5.13 Å². The predicted molar refractivity (Wildman–Crippen MR) is 125 cm³/mol. The summed E-state index contributed by atoms with van der Waals surface area (Å²) in [5, 5.41) is 13.5. The smallest absolute Gasteiger partial charge is 0.277 e. The Hall–Kier alpha value is -2.53. The quantitative estimate of drug-likeness (QED) is 0.304. The van der Waals surface area contributed by atoms with Crippen LogP contribution in [0.25, 0.3) is 20.4 Å². The van der Waals surface area contributed by atoms with E-state index in [1.165, 1.54) is 27.8 Å². The molecule has 11 heteroatoms. The molecule has 3 heterocycles. The van der Waals surface area contributed by atoms with Gasteiger partial charge in [0.05, 0.1) is 31.2 Å². The molecule has 0 aliphatic carbocycles. The number of nitrogens with one attached hydrogen (secondary N) is 1. The van der Waals surface area contributed by atoms with Gasteiger partial charge in [-0.05, 0) is 30.3 Å². The second-order valence-corrected chi connectivity index (χ2v) is 10.0. The second-order valence-electron chi connectivity index (χ2n) is 6.50.